The van der Waals surface area contributed by atoms with E-state index in [1.54, 1.807) is 49.4 Å². The van der Waals surface area contributed by atoms with Gasteiger partial charge in [0.2, 0.25) is 0 Å². The van der Waals surface area contributed by atoms with Crippen LogP contribution in [0.4, 0.5) is 26.3 Å². The maximum Gasteiger partial charge on any atom is 0.416 e. The molecule has 0 bridgehead atoms. The highest BCUT2D eigenvalue weighted by Gasteiger charge is 2.38. The van der Waals surface area contributed by atoms with Crippen molar-refractivity contribution < 1.29 is 48.8 Å². The van der Waals surface area contributed by atoms with Gasteiger partial charge in [0.15, 0.2) is 0 Å². The van der Waals surface area contributed by atoms with Crippen LogP contribution in [0.3, 0.4) is 0 Å². The van der Waals surface area contributed by atoms with Crippen LogP contribution >= 0.6 is 0 Å². The highest BCUT2D eigenvalue weighted by Crippen LogP contribution is 2.39. The van der Waals surface area contributed by atoms with Crippen LogP contribution in [0.1, 0.15) is 46.8 Å². The molecule has 0 aliphatic rings. The highest BCUT2D eigenvalue weighted by atomic mass is 32.2. The Morgan fingerprint density at radius 1 is 0.878 bits per heavy atom. The third-order valence-electron chi connectivity index (χ3n) is 6.33. The molecule has 3 atom stereocenters. The fraction of sp³-hybridized carbons (Fsp3) is 0.310. The summed E-state index contributed by atoms with van der Waals surface area (Å²) in [5.74, 6) is -0.940. The summed E-state index contributed by atoms with van der Waals surface area (Å²) >= 11 is 0. The third-order valence-corrected chi connectivity index (χ3v) is 7.62. The van der Waals surface area contributed by atoms with E-state index in [9.17, 15) is 39.9 Å². The number of benzene rings is 3. The van der Waals surface area contributed by atoms with E-state index in [0.717, 1.165) is 5.56 Å². The number of aliphatic hydroxyl groups excluding tert-OH is 1. The molecule has 0 saturated carbocycles. The van der Waals surface area contributed by atoms with Crippen LogP contribution in [-0.2, 0) is 31.4 Å². The second kappa shape index (κ2) is 12.8. The number of hydrogen-bond acceptors (Lipinski definition) is 5. The quantitative estimate of drug-likeness (QED) is 0.143. The standard InChI is InChI=1S/C29H28F6O5S/c1-18-9-11-25(12-10-18)41(37,38)39-17-26(27(19(2)16-36)21-7-5-4-6-8-21)40-20(3)22-13-23(28(30,31)32)15-24(14-22)29(33,34)35/h4-15,20,26-27,36H,2,16-17H2,1,3H3/t20-,26-,27+/m1/s1. The smallest absolute Gasteiger partial charge is 0.392 e. The molecular formula is C29H28F6O5S. The Balaban J connectivity index is 2.04. The summed E-state index contributed by atoms with van der Waals surface area (Å²) in [6, 6.07) is 15.1. The zero-order valence-corrected chi connectivity index (χ0v) is 22.9. The molecule has 0 radical (unpaired) electrons. The van der Waals surface area contributed by atoms with E-state index in [1.165, 1.54) is 19.1 Å². The largest absolute Gasteiger partial charge is 0.416 e. The molecule has 41 heavy (non-hydrogen) atoms. The van der Waals surface area contributed by atoms with Gasteiger partial charge in [0.05, 0.1) is 41.4 Å². The van der Waals surface area contributed by atoms with Crippen molar-refractivity contribution in [2.45, 2.75) is 49.2 Å². The van der Waals surface area contributed by atoms with Crippen LogP contribution in [0.2, 0.25) is 0 Å². The summed E-state index contributed by atoms with van der Waals surface area (Å²) in [6.45, 7) is 5.56. The first kappa shape index (κ1) is 32.3. The normalized spacial score (nSPS) is 14.9. The van der Waals surface area contributed by atoms with E-state index >= 15 is 0 Å². The maximum absolute atomic E-state index is 13.5. The van der Waals surface area contributed by atoms with Crippen LogP contribution < -0.4 is 0 Å². The number of alkyl halides is 6. The van der Waals surface area contributed by atoms with Gasteiger partial charge >= 0.3 is 12.4 Å². The van der Waals surface area contributed by atoms with Crippen molar-refractivity contribution in [3.63, 3.8) is 0 Å². The van der Waals surface area contributed by atoms with Crippen molar-refractivity contribution in [3.05, 3.63) is 113 Å². The van der Waals surface area contributed by atoms with E-state index in [0.29, 0.717) is 17.7 Å². The summed E-state index contributed by atoms with van der Waals surface area (Å²) < 4.78 is 118. The Kier molecular flexibility index (Phi) is 10.1. The lowest BCUT2D eigenvalue weighted by atomic mass is 9.87. The second-order valence-corrected chi connectivity index (χ2v) is 11.0. The van der Waals surface area contributed by atoms with Crippen molar-refractivity contribution in [3.8, 4) is 0 Å². The fourth-order valence-corrected chi connectivity index (χ4v) is 5.09. The van der Waals surface area contributed by atoms with Gasteiger partial charge in [0, 0.05) is 5.92 Å². The molecule has 0 heterocycles. The van der Waals surface area contributed by atoms with Gasteiger partial charge in [-0.1, -0.05) is 54.6 Å². The molecule has 0 aromatic heterocycles. The monoisotopic (exact) mass is 602 g/mol. The highest BCUT2D eigenvalue weighted by molar-refractivity contribution is 7.86. The van der Waals surface area contributed by atoms with Crippen molar-refractivity contribution in [1.29, 1.82) is 0 Å². The van der Waals surface area contributed by atoms with E-state index < -0.39 is 70.5 Å². The van der Waals surface area contributed by atoms with Gasteiger partial charge < -0.3 is 9.84 Å². The number of hydrogen-bond donors (Lipinski definition) is 1. The molecule has 0 saturated heterocycles. The molecule has 0 unspecified atom stereocenters. The molecule has 3 aromatic rings. The molecule has 0 amide bonds. The van der Waals surface area contributed by atoms with Crippen LogP contribution in [0.25, 0.3) is 0 Å². The van der Waals surface area contributed by atoms with Crippen molar-refractivity contribution in [2.24, 2.45) is 0 Å². The molecule has 5 nitrogen and oxygen atoms in total. The van der Waals surface area contributed by atoms with E-state index in [1.807, 2.05) is 0 Å². The summed E-state index contributed by atoms with van der Waals surface area (Å²) in [6.07, 6.45) is -12.8. The Hall–Kier alpha value is -3.19. The van der Waals surface area contributed by atoms with E-state index in [2.05, 4.69) is 6.58 Å². The lowest BCUT2D eigenvalue weighted by Gasteiger charge is -2.31. The number of aliphatic hydroxyl groups is 1. The molecular weight excluding hydrogens is 574 g/mol. The molecule has 0 spiro atoms. The topological polar surface area (TPSA) is 72.8 Å². The Bertz CT molecular complexity index is 1400. The molecule has 222 valence electrons. The van der Waals surface area contributed by atoms with Gasteiger partial charge in [-0.05, 0) is 60.9 Å². The number of rotatable bonds is 11. The average Bonchev–Trinajstić information content (AvgIpc) is 2.91. The number of halogens is 6. The second-order valence-electron chi connectivity index (χ2n) is 9.41. The summed E-state index contributed by atoms with van der Waals surface area (Å²) in [7, 11) is -4.34. The van der Waals surface area contributed by atoms with Gasteiger partial charge in [-0.3, -0.25) is 4.18 Å². The molecule has 0 aliphatic carbocycles. The molecule has 3 rings (SSSR count). The van der Waals surface area contributed by atoms with Crippen molar-refractivity contribution >= 4 is 10.1 Å². The van der Waals surface area contributed by atoms with Crippen LogP contribution in [0.15, 0.2) is 89.8 Å². The zero-order valence-electron chi connectivity index (χ0n) is 22.0. The first-order valence-corrected chi connectivity index (χ1v) is 13.7. The molecule has 3 aromatic carbocycles. The number of ether oxygens (including phenoxy) is 1. The Morgan fingerprint density at radius 3 is 1.90 bits per heavy atom. The third kappa shape index (κ3) is 8.41. The minimum absolute atomic E-state index is 0.00530. The molecule has 0 fully saturated rings. The van der Waals surface area contributed by atoms with E-state index in [4.69, 9.17) is 8.92 Å². The SMILES string of the molecule is C=C(CO)[C@@H](c1ccccc1)[C@@H](COS(=O)(=O)c1ccc(C)cc1)O[C@H](C)c1cc(C(F)(F)F)cc(C(F)(F)F)c1. The lowest BCUT2D eigenvalue weighted by Crippen LogP contribution is -2.32. The van der Waals surface area contributed by atoms with Gasteiger partial charge in [-0.15, -0.1) is 0 Å². The van der Waals surface area contributed by atoms with Crippen molar-refractivity contribution in [2.75, 3.05) is 13.2 Å². The fourth-order valence-electron chi connectivity index (χ4n) is 4.17. The summed E-state index contributed by atoms with van der Waals surface area (Å²) in [4.78, 5) is -0.167. The maximum atomic E-state index is 13.5. The molecule has 12 heteroatoms. The van der Waals surface area contributed by atoms with Gasteiger partial charge in [-0.25, -0.2) is 0 Å². The first-order chi connectivity index (χ1) is 19.0. The van der Waals surface area contributed by atoms with Crippen LogP contribution in [0, 0.1) is 6.92 Å². The Morgan fingerprint density at radius 2 is 1.41 bits per heavy atom. The van der Waals surface area contributed by atoms with Crippen LogP contribution in [0.5, 0.6) is 0 Å². The predicted octanol–water partition coefficient (Wildman–Crippen LogP) is 7.22. The van der Waals surface area contributed by atoms with Gasteiger partial charge in [-0.2, -0.15) is 34.8 Å². The zero-order chi connectivity index (χ0) is 30.6. The Labute approximate surface area is 234 Å². The summed E-state index contributed by atoms with van der Waals surface area (Å²) in [5, 5.41) is 9.89. The predicted molar refractivity (Wildman–Crippen MR) is 139 cm³/mol. The average molecular weight is 603 g/mol. The van der Waals surface area contributed by atoms with Gasteiger partial charge in [0.25, 0.3) is 10.1 Å². The van der Waals surface area contributed by atoms with Crippen LogP contribution in [-0.4, -0.2) is 32.8 Å². The minimum atomic E-state index is -5.07. The molecule has 1 N–H and O–H groups in total. The summed E-state index contributed by atoms with van der Waals surface area (Å²) in [5.41, 5.74) is -2.04. The van der Waals surface area contributed by atoms with Gasteiger partial charge in [0.1, 0.15) is 0 Å². The van der Waals surface area contributed by atoms with Crippen molar-refractivity contribution in [1.82, 2.24) is 0 Å². The van der Waals surface area contributed by atoms with E-state index in [-0.39, 0.29) is 16.5 Å². The first-order valence-electron chi connectivity index (χ1n) is 12.3. The molecule has 0 aliphatic heterocycles. The number of aryl methyl sites for hydroxylation is 1. The minimum Gasteiger partial charge on any atom is -0.392 e. The lowest BCUT2D eigenvalue weighted by molar-refractivity contribution is -0.143.